The molecule has 68 heavy (non-hydrogen) atoms. The number of rotatable bonds is 6. The third-order valence-corrected chi connectivity index (χ3v) is 13.9. The molecule has 0 saturated carbocycles. The van der Waals surface area contributed by atoms with Crippen molar-refractivity contribution in [2.45, 2.75) is 0 Å². The Morgan fingerprint density at radius 1 is 0.221 bits per heavy atom. The minimum Gasteiger partial charge on any atom is -0.309 e. The molecule has 0 aliphatic carbocycles. The van der Waals surface area contributed by atoms with Crippen molar-refractivity contribution in [1.82, 2.24) is 19.1 Å². The van der Waals surface area contributed by atoms with Gasteiger partial charge in [-0.2, -0.15) is 0 Å². The van der Waals surface area contributed by atoms with Crippen molar-refractivity contribution < 1.29 is 0 Å². The van der Waals surface area contributed by atoms with E-state index in [1.165, 1.54) is 64.9 Å². The van der Waals surface area contributed by atoms with E-state index in [0.717, 1.165) is 61.6 Å². The minimum atomic E-state index is 0.694. The Hall–Kier alpha value is -9.12. The van der Waals surface area contributed by atoms with Gasteiger partial charge < -0.3 is 9.13 Å². The first-order valence-corrected chi connectivity index (χ1v) is 23.2. The fourth-order valence-corrected chi connectivity index (χ4v) is 10.7. The van der Waals surface area contributed by atoms with Crippen LogP contribution in [-0.4, -0.2) is 19.1 Å². The van der Waals surface area contributed by atoms with Gasteiger partial charge in [-0.1, -0.05) is 176 Å². The summed E-state index contributed by atoms with van der Waals surface area (Å²) in [6, 6.07) is 87.6. The Balaban J connectivity index is 0.908. The zero-order chi connectivity index (χ0) is 44.7. The molecule has 0 bridgehead atoms. The lowest BCUT2D eigenvalue weighted by Gasteiger charge is -2.14. The van der Waals surface area contributed by atoms with Crippen LogP contribution in [-0.2, 0) is 0 Å². The zero-order valence-electron chi connectivity index (χ0n) is 36.9. The van der Waals surface area contributed by atoms with E-state index in [-0.39, 0.29) is 0 Å². The third kappa shape index (κ3) is 6.01. The molecule has 3 heterocycles. The molecule has 14 aromatic rings. The van der Waals surface area contributed by atoms with E-state index in [1.54, 1.807) is 0 Å². The lowest BCUT2D eigenvalue weighted by molar-refractivity contribution is 1.16. The SMILES string of the molecule is c1ccc(-c2cc(-c3ccccc3)nc(-c3ccc(-n4c5ccccc5c5ccc(-c6ccc7c8ccccc8n(-c8ccc9c%10ccccc%10c%10ccccc%10c9c8)c7c6)cc54)cc3)n2)cc1. The monoisotopic (exact) mass is 864 g/mol. The molecule has 0 amide bonds. The average Bonchev–Trinajstić information content (AvgIpc) is 3.93. The molecule has 4 nitrogen and oxygen atoms in total. The second-order valence-electron chi connectivity index (χ2n) is 17.7. The van der Waals surface area contributed by atoms with Gasteiger partial charge in [-0.05, 0) is 110 Å². The van der Waals surface area contributed by atoms with E-state index in [4.69, 9.17) is 9.97 Å². The fraction of sp³-hybridized carbons (Fsp3) is 0. The van der Waals surface area contributed by atoms with Gasteiger partial charge in [-0.25, -0.2) is 9.97 Å². The molecule has 0 unspecified atom stereocenters. The van der Waals surface area contributed by atoms with Crippen molar-refractivity contribution in [3.05, 3.63) is 243 Å². The molecule has 0 atom stereocenters. The van der Waals surface area contributed by atoms with Crippen LogP contribution < -0.4 is 0 Å². The van der Waals surface area contributed by atoms with Gasteiger partial charge in [0.15, 0.2) is 5.82 Å². The quantitative estimate of drug-likeness (QED) is 0.156. The molecule has 0 fully saturated rings. The van der Waals surface area contributed by atoms with E-state index in [1.807, 2.05) is 12.1 Å². The summed E-state index contributed by atoms with van der Waals surface area (Å²) in [5, 5.41) is 12.5. The van der Waals surface area contributed by atoms with E-state index < -0.39 is 0 Å². The lowest BCUT2D eigenvalue weighted by atomic mass is 9.94. The predicted octanol–water partition coefficient (Wildman–Crippen LogP) is 16.8. The molecule has 4 heteroatoms. The Morgan fingerprint density at radius 3 is 1.10 bits per heavy atom. The number of fused-ring (bicyclic) bond motifs is 12. The van der Waals surface area contributed by atoms with E-state index >= 15 is 0 Å². The van der Waals surface area contributed by atoms with Crippen molar-refractivity contribution in [2.75, 3.05) is 0 Å². The highest BCUT2D eigenvalue weighted by atomic mass is 15.0. The highest BCUT2D eigenvalue weighted by molar-refractivity contribution is 6.25. The topological polar surface area (TPSA) is 35.6 Å². The zero-order valence-corrected chi connectivity index (χ0v) is 36.9. The van der Waals surface area contributed by atoms with Crippen LogP contribution in [0.2, 0.25) is 0 Å². The average molecular weight is 865 g/mol. The molecule has 14 rings (SSSR count). The summed E-state index contributed by atoms with van der Waals surface area (Å²) >= 11 is 0. The Morgan fingerprint density at radius 2 is 0.588 bits per heavy atom. The van der Waals surface area contributed by atoms with Gasteiger partial charge in [0.1, 0.15) is 0 Å². The van der Waals surface area contributed by atoms with Gasteiger partial charge in [0.05, 0.1) is 33.5 Å². The molecular weight excluding hydrogens is 825 g/mol. The highest BCUT2D eigenvalue weighted by Gasteiger charge is 2.18. The third-order valence-electron chi connectivity index (χ3n) is 13.9. The van der Waals surface area contributed by atoms with Crippen LogP contribution in [0.25, 0.3) is 132 Å². The first kappa shape index (κ1) is 38.2. The molecule has 0 saturated heterocycles. The highest BCUT2D eigenvalue weighted by Crippen LogP contribution is 2.41. The maximum atomic E-state index is 5.11. The van der Waals surface area contributed by atoms with Crippen LogP contribution in [0, 0.1) is 0 Å². The number of para-hydroxylation sites is 2. The number of hydrogen-bond acceptors (Lipinski definition) is 2. The van der Waals surface area contributed by atoms with Crippen LogP contribution in [0.4, 0.5) is 0 Å². The van der Waals surface area contributed by atoms with Gasteiger partial charge in [0.25, 0.3) is 0 Å². The summed E-state index contributed by atoms with van der Waals surface area (Å²) in [5.41, 5.74) is 14.1. The van der Waals surface area contributed by atoms with Crippen LogP contribution in [0.5, 0.6) is 0 Å². The minimum absolute atomic E-state index is 0.694. The number of hydrogen-bond donors (Lipinski definition) is 0. The Kier molecular flexibility index (Phi) is 8.55. The van der Waals surface area contributed by atoms with Gasteiger partial charge in [-0.15, -0.1) is 0 Å². The summed E-state index contributed by atoms with van der Waals surface area (Å²) in [7, 11) is 0. The largest absolute Gasteiger partial charge is 0.309 e. The van der Waals surface area contributed by atoms with Crippen LogP contribution >= 0.6 is 0 Å². The van der Waals surface area contributed by atoms with Crippen molar-refractivity contribution in [3.8, 4) is 56.4 Å². The van der Waals surface area contributed by atoms with Crippen LogP contribution in [0.15, 0.2) is 243 Å². The molecule has 3 aromatic heterocycles. The normalized spacial score (nSPS) is 11.8. The smallest absolute Gasteiger partial charge is 0.160 e. The molecular formula is C64H40N4. The second-order valence-corrected chi connectivity index (χ2v) is 17.7. The number of nitrogens with zero attached hydrogens (tertiary/aromatic N) is 4. The lowest BCUT2D eigenvalue weighted by Crippen LogP contribution is -1.97. The van der Waals surface area contributed by atoms with E-state index in [0.29, 0.717) is 5.82 Å². The van der Waals surface area contributed by atoms with Crippen LogP contribution in [0.1, 0.15) is 0 Å². The van der Waals surface area contributed by atoms with Gasteiger partial charge >= 0.3 is 0 Å². The van der Waals surface area contributed by atoms with Gasteiger partial charge in [0.2, 0.25) is 0 Å². The number of benzene rings is 11. The molecule has 11 aromatic carbocycles. The Labute approximate surface area is 392 Å². The second kappa shape index (κ2) is 15.2. The Bertz CT molecular complexity index is 4200. The van der Waals surface area contributed by atoms with Crippen LogP contribution in [0.3, 0.4) is 0 Å². The summed E-state index contributed by atoms with van der Waals surface area (Å²) in [5.74, 6) is 0.694. The first-order valence-electron chi connectivity index (χ1n) is 23.2. The summed E-state index contributed by atoms with van der Waals surface area (Å²) < 4.78 is 4.85. The molecule has 0 aliphatic heterocycles. The standard InChI is InChI=1S/C64H40N4/c1-3-15-41(16-4-1)58-40-59(42-17-5-2-6-18-42)66-64(65-58)43-27-31-46(32-28-43)67-60-25-13-11-23-53(60)55-34-29-44(37-62(55)67)45-30-35-56-54-24-12-14-26-61(54)68(63(56)38-45)47-33-36-52-50-21-8-7-19-48(50)49-20-9-10-22-51(49)57(52)39-47/h1-40H. The molecule has 0 aliphatic rings. The maximum absolute atomic E-state index is 5.11. The predicted molar refractivity (Wildman–Crippen MR) is 285 cm³/mol. The molecule has 0 spiro atoms. The van der Waals surface area contributed by atoms with Crippen molar-refractivity contribution in [2.24, 2.45) is 0 Å². The van der Waals surface area contributed by atoms with Gasteiger partial charge in [-0.3, -0.25) is 0 Å². The fourth-order valence-electron chi connectivity index (χ4n) is 10.7. The van der Waals surface area contributed by atoms with E-state index in [2.05, 4.69) is 240 Å². The van der Waals surface area contributed by atoms with Crippen molar-refractivity contribution >= 4 is 75.9 Å². The summed E-state index contributed by atoms with van der Waals surface area (Å²) in [4.78, 5) is 10.2. The molecule has 0 N–H and O–H groups in total. The van der Waals surface area contributed by atoms with Crippen molar-refractivity contribution in [3.63, 3.8) is 0 Å². The molecule has 0 radical (unpaired) electrons. The summed E-state index contributed by atoms with van der Waals surface area (Å²) in [6.45, 7) is 0. The molecule has 316 valence electrons. The maximum Gasteiger partial charge on any atom is 0.160 e. The summed E-state index contributed by atoms with van der Waals surface area (Å²) in [6.07, 6.45) is 0. The first-order chi connectivity index (χ1) is 33.7. The number of aromatic nitrogens is 4. The van der Waals surface area contributed by atoms with E-state index in [9.17, 15) is 0 Å². The van der Waals surface area contributed by atoms with Gasteiger partial charge in [0, 0.05) is 49.6 Å². The van der Waals surface area contributed by atoms with Crippen molar-refractivity contribution in [1.29, 1.82) is 0 Å².